The van der Waals surface area contributed by atoms with Gasteiger partial charge < -0.3 is 4.90 Å². The number of carbonyl (C=O) groups is 1. The van der Waals surface area contributed by atoms with E-state index < -0.39 is 0 Å². The molecule has 0 spiro atoms. The SMILES string of the molecule is CC(=O)n1c(/C(C#N)=C/c2ccc(N(C)C)cc2)cc2ccccc21. The van der Waals surface area contributed by atoms with Crippen LogP contribution in [0.25, 0.3) is 22.6 Å². The fourth-order valence-electron chi connectivity index (χ4n) is 2.89. The van der Waals surface area contributed by atoms with Crippen molar-refractivity contribution in [3.05, 3.63) is 65.9 Å². The van der Waals surface area contributed by atoms with E-state index in [9.17, 15) is 10.1 Å². The summed E-state index contributed by atoms with van der Waals surface area (Å²) in [6, 6.07) is 19.7. The third-order valence-corrected chi connectivity index (χ3v) is 4.14. The molecule has 0 saturated carbocycles. The van der Waals surface area contributed by atoms with Gasteiger partial charge in [-0.05, 0) is 35.9 Å². The average molecular weight is 329 g/mol. The van der Waals surface area contributed by atoms with Gasteiger partial charge in [-0.15, -0.1) is 0 Å². The van der Waals surface area contributed by atoms with Gasteiger partial charge in [-0.2, -0.15) is 5.26 Å². The second-order valence-electron chi connectivity index (χ2n) is 6.10. The number of fused-ring (bicyclic) bond motifs is 1. The van der Waals surface area contributed by atoms with E-state index in [0.29, 0.717) is 11.3 Å². The lowest BCUT2D eigenvalue weighted by Crippen LogP contribution is -2.08. The van der Waals surface area contributed by atoms with Crippen molar-refractivity contribution >= 4 is 34.1 Å². The van der Waals surface area contributed by atoms with Gasteiger partial charge in [0.25, 0.3) is 0 Å². The van der Waals surface area contributed by atoms with Gasteiger partial charge in [0.2, 0.25) is 5.91 Å². The lowest BCUT2D eigenvalue weighted by atomic mass is 10.1. The predicted molar refractivity (Wildman–Crippen MR) is 102 cm³/mol. The Bertz CT molecular complexity index is 1000. The Kier molecular flexibility index (Phi) is 4.40. The average Bonchev–Trinajstić information content (AvgIpc) is 2.99. The number of hydrogen-bond acceptors (Lipinski definition) is 3. The minimum Gasteiger partial charge on any atom is -0.378 e. The number of anilines is 1. The van der Waals surface area contributed by atoms with Crippen LogP contribution in [0.2, 0.25) is 0 Å². The van der Waals surface area contributed by atoms with E-state index in [1.165, 1.54) is 6.92 Å². The van der Waals surface area contributed by atoms with Gasteiger partial charge in [0.15, 0.2) is 0 Å². The second-order valence-corrected chi connectivity index (χ2v) is 6.10. The molecule has 25 heavy (non-hydrogen) atoms. The smallest absolute Gasteiger partial charge is 0.228 e. The van der Waals surface area contributed by atoms with Crippen molar-refractivity contribution in [2.75, 3.05) is 19.0 Å². The quantitative estimate of drug-likeness (QED) is 0.668. The predicted octanol–water partition coefficient (Wildman–Crippen LogP) is 4.43. The molecule has 0 unspecified atom stereocenters. The molecule has 3 rings (SSSR count). The summed E-state index contributed by atoms with van der Waals surface area (Å²) in [6.45, 7) is 1.51. The number of benzene rings is 2. The molecule has 0 N–H and O–H groups in total. The monoisotopic (exact) mass is 329 g/mol. The Hall–Kier alpha value is -3.32. The molecule has 0 atom stereocenters. The molecule has 1 heterocycles. The number of allylic oxidation sites excluding steroid dienone is 1. The van der Waals surface area contributed by atoms with Gasteiger partial charge in [0, 0.05) is 32.1 Å². The summed E-state index contributed by atoms with van der Waals surface area (Å²) in [7, 11) is 3.97. The highest BCUT2D eigenvalue weighted by atomic mass is 16.1. The molecule has 0 radical (unpaired) electrons. The summed E-state index contributed by atoms with van der Waals surface area (Å²) in [5, 5.41) is 10.6. The number of carbonyl (C=O) groups excluding carboxylic acids is 1. The molecule has 124 valence electrons. The summed E-state index contributed by atoms with van der Waals surface area (Å²) < 4.78 is 1.60. The second kappa shape index (κ2) is 6.66. The van der Waals surface area contributed by atoms with Gasteiger partial charge in [-0.25, -0.2) is 0 Å². The van der Waals surface area contributed by atoms with Crippen LogP contribution in [-0.2, 0) is 0 Å². The Morgan fingerprint density at radius 1 is 1.12 bits per heavy atom. The van der Waals surface area contributed by atoms with Crippen LogP contribution < -0.4 is 4.90 Å². The molecular weight excluding hydrogens is 310 g/mol. The summed E-state index contributed by atoms with van der Waals surface area (Å²) in [5.41, 5.74) is 3.90. The molecule has 0 aliphatic heterocycles. The minimum atomic E-state index is -0.111. The van der Waals surface area contributed by atoms with Crippen molar-refractivity contribution in [3.63, 3.8) is 0 Å². The topological polar surface area (TPSA) is 49.0 Å². The largest absolute Gasteiger partial charge is 0.378 e. The van der Waals surface area contributed by atoms with Gasteiger partial charge in [0.1, 0.15) is 6.07 Å². The fraction of sp³-hybridized carbons (Fsp3) is 0.143. The standard InChI is InChI=1S/C21H19N3O/c1-15(25)24-20-7-5-4-6-17(20)13-21(24)18(14-22)12-16-8-10-19(11-9-16)23(2)3/h4-13H,1-3H3/b18-12+. The zero-order valence-corrected chi connectivity index (χ0v) is 14.5. The van der Waals surface area contributed by atoms with Gasteiger partial charge >= 0.3 is 0 Å². The lowest BCUT2D eigenvalue weighted by Gasteiger charge is -2.12. The molecule has 4 heteroatoms. The van der Waals surface area contributed by atoms with Crippen molar-refractivity contribution in [2.45, 2.75) is 6.92 Å². The van der Waals surface area contributed by atoms with Crippen molar-refractivity contribution in [2.24, 2.45) is 0 Å². The molecule has 2 aromatic carbocycles. The van der Waals surface area contributed by atoms with Crippen LogP contribution in [0.3, 0.4) is 0 Å². The van der Waals surface area contributed by atoms with Gasteiger partial charge in [-0.3, -0.25) is 9.36 Å². The molecule has 3 aromatic rings. The van der Waals surface area contributed by atoms with E-state index in [1.54, 1.807) is 4.57 Å². The first-order valence-electron chi connectivity index (χ1n) is 8.02. The Labute approximate surface area is 147 Å². The Balaban J connectivity index is 2.12. The number of hydrogen-bond donors (Lipinski definition) is 0. The molecule has 0 fully saturated rings. The maximum atomic E-state index is 12.2. The van der Waals surface area contributed by atoms with Crippen molar-refractivity contribution in [1.29, 1.82) is 5.26 Å². The maximum absolute atomic E-state index is 12.2. The number of para-hydroxylation sites is 1. The molecule has 1 aromatic heterocycles. The normalized spacial score (nSPS) is 11.4. The molecule has 0 aliphatic rings. The number of nitriles is 1. The van der Waals surface area contributed by atoms with E-state index in [0.717, 1.165) is 22.2 Å². The van der Waals surface area contributed by atoms with E-state index in [-0.39, 0.29) is 5.91 Å². The van der Waals surface area contributed by atoms with E-state index in [1.807, 2.05) is 79.7 Å². The molecule has 0 saturated heterocycles. The molecule has 0 amide bonds. The summed E-state index contributed by atoms with van der Waals surface area (Å²) in [6.07, 6.45) is 1.81. The van der Waals surface area contributed by atoms with Crippen LogP contribution in [0, 0.1) is 11.3 Å². The van der Waals surface area contributed by atoms with E-state index >= 15 is 0 Å². The summed E-state index contributed by atoms with van der Waals surface area (Å²) in [4.78, 5) is 14.2. The van der Waals surface area contributed by atoms with Crippen molar-refractivity contribution < 1.29 is 4.79 Å². The molecule has 4 nitrogen and oxygen atoms in total. The van der Waals surface area contributed by atoms with Crippen LogP contribution in [0.15, 0.2) is 54.6 Å². The van der Waals surface area contributed by atoms with Gasteiger partial charge in [-0.1, -0.05) is 30.3 Å². The minimum absolute atomic E-state index is 0.111. The highest BCUT2D eigenvalue weighted by Crippen LogP contribution is 2.27. The third-order valence-electron chi connectivity index (χ3n) is 4.14. The number of rotatable bonds is 3. The van der Waals surface area contributed by atoms with Crippen LogP contribution in [0.1, 0.15) is 23.0 Å². The third kappa shape index (κ3) is 3.17. The summed E-state index contributed by atoms with van der Waals surface area (Å²) in [5.74, 6) is -0.111. The first kappa shape index (κ1) is 16.5. The molecular formula is C21H19N3O. The zero-order chi connectivity index (χ0) is 18.0. The number of nitrogens with zero attached hydrogens (tertiary/aromatic N) is 3. The Morgan fingerprint density at radius 3 is 2.40 bits per heavy atom. The fourth-order valence-corrected chi connectivity index (χ4v) is 2.89. The first-order valence-corrected chi connectivity index (χ1v) is 8.02. The van der Waals surface area contributed by atoms with E-state index in [4.69, 9.17) is 0 Å². The highest BCUT2D eigenvalue weighted by Gasteiger charge is 2.15. The van der Waals surface area contributed by atoms with E-state index in [2.05, 4.69) is 6.07 Å². The number of aromatic nitrogens is 1. The molecule has 0 aliphatic carbocycles. The maximum Gasteiger partial charge on any atom is 0.228 e. The first-order chi connectivity index (χ1) is 12.0. The van der Waals surface area contributed by atoms with Crippen LogP contribution in [0.5, 0.6) is 0 Å². The van der Waals surface area contributed by atoms with Crippen LogP contribution in [-0.4, -0.2) is 24.6 Å². The summed E-state index contributed by atoms with van der Waals surface area (Å²) >= 11 is 0. The van der Waals surface area contributed by atoms with Crippen LogP contribution >= 0.6 is 0 Å². The van der Waals surface area contributed by atoms with Gasteiger partial charge in [0.05, 0.1) is 16.8 Å². The highest BCUT2D eigenvalue weighted by molar-refractivity contribution is 6.00. The van der Waals surface area contributed by atoms with Crippen molar-refractivity contribution in [1.82, 2.24) is 4.57 Å². The zero-order valence-electron chi connectivity index (χ0n) is 14.5. The van der Waals surface area contributed by atoms with Crippen molar-refractivity contribution in [3.8, 4) is 6.07 Å². The lowest BCUT2D eigenvalue weighted by molar-refractivity contribution is 0.0941. The molecule has 0 bridgehead atoms. The Morgan fingerprint density at radius 2 is 1.80 bits per heavy atom. The van der Waals surface area contributed by atoms with Crippen LogP contribution in [0.4, 0.5) is 5.69 Å².